The Morgan fingerprint density at radius 1 is 1.33 bits per heavy atom. The Labute approximate surface area is 109 Å². The molecule has 1 aromatic carbocycles. The fraction of sp³-hybridized carbons (Fsp3) is 0.167. The summed E-state index contributed by atoms with van der Waals surface area (Å²) in [6.45, 7) is 0. The van der Waals surface area contributed by atoms with E-state index in [4.69, 9.17) is 17.4 Å². The molecule has 0 saturated heterocycles. The van der Waals surface area contributed by atoms with Crippen molar-refractivity contribution in [1.29, 1.82) is 0 Å². The second-order valence-corrected chi connectivity index (χ2v) is 4.27. The molecule has 2 rings (SSSR count). The predicted octanol–water partition coefficient (Wildman–Crippen LogP) is 2.02. The third-order valence-corrected chi connectivity index (χ3v) is 2.88. The molecule has 0 aliphatic heterocycles. The van der Waals surface area contributed by atoms with Crippen molar-refractivity contribution in [2.45, 2.75) is 12.5 Å². The van der Waals surface area contributed by atoms with Crippen molar-refractivity contribution in [3.63, 3.8) is 0 Å². The molecule has 0 spiro atoms. The Kier molecular flexibility index (Phi) is 4.19. The Bertz CT molecular complexity index is 521. The summed E-state index contributed by atoms with van der Waals surface area (Å²) in [5.74, 6) is 5.14. The first-order chi connectivity index (χ1) is 8.70. The number of nitrogens with two attached hydrogens (primary N) is 1. The minimum atomic E-state index is -0.343. The number of hydrogen-bond acceptors (Lipinski definition) is 4. The van der Waals surface area contributed by atoms with E-state index in [2.05, 4.69) is 15.6 Å². The second-order valence-electron chi connectivity index (χ2n) is 3.83. The molecule has 0 aliphatic carbocycles. The van der Waals surface area contributed by atoms with Gasteiger partial charge in [0.05, 0.1) is 12.2 Å². The van der Waals surface area contributed by atoms with E-state index in [9.17, 15) is 4.39 Å². The van der Waals surface area contributed by atoms with E-state index < -0.39 is 0 Å². The average molecular weight is 267 g/mol. The van der Waals surface area contributed by atoms with Gasteiger partial charge in [0.2, 0.25) is 0 Å². The van der Waals surface area contributed by atoms with Gasteiger partial charge in [0.15, 0.2) is 0 Å². The van der Waals surface area contributed by atoms with Crippen LogP contribution >= 0.6 is 11.6 Å². The first-order valence-electron chi connectivity index (χ1n) is 5.37. The van der Waals surface area contributed by atoms with Gasteiger partial charge < -0.3 is 0 Å². The van der Waals surface area contributed by atoms with Gasteiger partial charge in [-0.2, -0.15) is 10.2 Å². The maximum atomic E-state index is 13.7. The summed E-state index contributed by atoms with van der Waals surface area (Å²) in [7, 11) is 0. The van der Waals surface area contributed by atoms with Crippen molar-refractivity contribution >= 4 is 11.6 Å². The number of rotatable bonds is 4. The Hall–Kier alpha value is -1.56. The smallest absolute Gasteiger partial charge is 0.127 e. The highest BCUT2D eigenvalue weighted by atomic mass is 35.5. The van der Waals surface area contributed by atoms with Crippen molar-refractivity contribution in [3.8, 4) is 0 Å². The van der Waals surface area contributed by atoms with Crippen LogP contribution in [0, 0.1) is 5.82 Å². The molecule has 0 fully saturated rings. The van der Waals surface area contributed by atoms with Gasteiger partial charge in [-0.15, -0.1) is 0 Å². The summed E-state index contributed by atoms with van der Waals surface area (Å²) in [5, 5.41) is 7.83. The van der Waals surface area contributed by atoms with E-state index in [-0.39, 0.29) is 11.9 Å². The van der Waals surface area contributed by atoms with Gasteiger partial charge in [-0.1, -0.05) is 17.7 Å². The molecule has 1 unspecified atom stereocenters. The topological polar surface area (TPSA) is 63.8 Å². The summed E-state index contributed by atoms with van der Waals surface area (Å²) in [5.41, 5.74) is 4.03. The van der Waals surface area contributed by atoms with Crippen LogP contribution in [0.25, 0.3) is 0 Å². The number of halogens is 2. The number of hydrogen-bond donors (Lipinski definition) is 2. The molecule has 0 radical (unpaired) electrons. The molecular weight excluding hydrogens is 255 g/mol. The molecule has 94 valence electrons. The number of benzene rings is 1. The summed E-state index contributed by atoms with van der Waals surface area (Å²) in [6, 6.07) is 6.14. The molecule has 0 bridgehead atoms. The molecular formula is C12H12ClFN4. The van der Waals surface area contributed by atoms with Crippen LogP contribution in [0.15, 0.2) is 36.7 Å². The lowest BCUT2D eigenvalue weighted by atomic mass is 10.0. The van der Waals surface area contributed by atoms with E-state index in [1.165, 1.54) is 6.07 Å². The summed E-state index contributed by atoms with van der Waals surface area (Å²) < 4.78 is 13.7. The van der Waals surface area contributed by atoms with Crippen LogP contribution in [-0.4, -0.2) is 10.2 Å². The Morgan fingerprint density at radius 2 is 2.17 bits per heavy atom. The first-order valence-corrected chi connectivity index (χ1v) is 5.75. The fourth-order valence-electron chi connectivity index (χ4n) is 1.69. The van der Waals surface area contributed by atoms with Crippen molar-refractivity contribution < 1.29 is 4.39 Å². The second kappa shape index (κ2) is 5.86. The summed E-state index contributed by atoms with van der Waals surface area (Å²) >= 11 is 5.71. The number of hydrazine groups is 1. The fourth-order valence-corrected chi connectivity index (χ4v) is 1.85. The lowest BCUT2D eigenvalue weighted by Crippen LogP contribution is -2.30. The van der Waals surface area contributed by atoms with Crippen LogP contribution in [0.5, 0.6) is 0 Å². The zero-order chi connectivity index (χ0) is 13.0. The van der Waals surface area contributed by atoms with E-state index in [0.29, 0.717) is 17.0 Å². The SMILES string of the molecule is NNC(Cc1ccc(Cl)cc1F)c1ccnnc1. The molecule has 4 nitrogen and oxygen atoms in total. The third-order valence-electron chi connectivity index (χ3n) is 2.65. The molecule has 1 heterocycles. The predicted molar refractivity (Wildman–Crippen MR) is 67.2 cm³/mol. The molecule has 18 heavy (non-hydrogen) atoms. The molecule has 2 aromatic rings. The molecule has 0 saturated carbocycles. The number of nitrogens with zero attached hydrogens (tertiary/aromatic N) is 2. The van der Waals surface area contributed by atoms with Crippen molar-refractivity contribution in [2.75, 3.05) is 0 Å². The standard InChI is InChI=1S/C12H12ClFN4/c13-10-2-1-8(11(14)6-10)5-12(18-15)9-3-4-16-17-7-9/h1-4,6-7,12,18H,5,15H2. The Morgan fingerprint density at radius 3 is 2.78 bits per heavy atom. The van der Waals surface area contributed by atoms with E-state index in [1.54, 1.807) is 30.6 Å². The Balaban J connectivity index is 2.21. The zero-order valence-electron chi connectivity index (χ0n) is 9.48. The van der Waals surface area contributed by atoms with Crippen LogP contribution < -0.4 is 11.3 Å². The third kappa shape index (κ3) is 3.01. The molecule has 0 aliphatic rings. The molecule has 3 N–H and O–H groups in total. The maximum absolute atomic E-state index is 13.7. The van der Waals surface area contributed by atoms with Crippen molar-refractivity contribution in [1.82, 2.24) is 15.6 Å². The largest absolute Gasteiger partial charge is 0.271 e. The molecule has 6 heteroatoms. The minimum absolute atomic E-state index is 0.226. The van der Waals surface area contributed by atoms with Crippen LogP contribution in [0.4, 0.5) is 4.39 Å². The van der Waals surface area contributed by atoms with Gasteiger partial charge in [-0.05, 0) is 35.7 Å². The van der Waals surface area contributed by atoms with E-state index in [0.717, 1.165) is 5.56 Å². The first kappa shape index (κ1) is 12.9. The van der Waals surface area contributed by atoms with Crippen molar-refractivity contribution in [3.05, 3.63) is 58.6 Å². The lowest BCUT2D eigenvalue weighted by molar-refractivity contribution is 0.527. The molecule has 1 atom stereocenters. The van der Waals surface area contributed by atoms with Crippen LogP contribution in [0.3, 0.4) is 0 Å². The molecule has 1 aromatic heterocycles. The van der Waals surface area contributed by atoms with Gasteiger partial charge >= 0.3 is 0 Å². The molecule has 0 amide bonds. The number of nitrogens with one attached hydrogen (secondary N) is 1. The van der Waals surface area contributed by atoms with Crippen LogP contribution in [0.2, 0.25) is 5.02 Å². The van der Waals surface area contributed by atoms with E-state index >= 15 is 0 Å². The monoisotopic (exact) mass is 266 g/mol. The number of aromatic nitrogens is 2. The quantitative estimate of drug-likeness (QED) is 0.656. The van der Waals surface area contributed by atoms with Gasteiger partial charge in [-0.25, -0.2) is 4.39 Å². The summed E-state index contributed by atoms with van der Waals surface area (Å²) in [4.78, 5) is 0. The van der Waals surface area contributed by atoms with Gasteiger partial charge in [0, 0.05) is 11.2 Å². The van der Waals surface area contributed by atoms with E-state index in [1.807, 2.05) is 0 Å². The highest BCUT2D eigenvalue weighted by Crippen LogP contribution is 2.21. The van der Waals surface area contributed by atoms with Gasteiger partial charge in [-0.3, -0.25) is 11.3 Å². The van der Waals surface area contributed by atoms with Gasteiger partial charge in [0.1, 0.15) is 5.82 Å². The minimum Gasteiger partial charge on any atom is -0.271 e. The van der Waals surface area contributed by atoms with Gasteiger partial charge in [0.25, 0.3) is 0 Å². The average Bonchev–Trinajstić information content (AvgIpc) is 2.39. The van der Waals surface area contributed by atoms with Crippen molar-refractivity contribution in [2.24, 2.45) is 5.84 Å². The van der Waals surface area contributed by atoms with Crippen LogP contribution in [0.1, 0.15) is 17.2 Å². The van der Waals surface area contributed by atoms with Crippen LogP contribution in [-0.2, 0) is 6.42 Å². The highest BCUT2D eigenvalue weighted by molar-refractivity contribution is 6.30. The lowest BCUT2D eigenvalue weighted by Gasteiger charge is -2.16. The summed E-state index contributed by atoms with van der Waals surface area (Å²) in [6.07, 6.45) is 3.57. The zero-order valence-corrected chi connectivity index (χ0v) is 10.2. The highest BCUT2D eigenvalue weighted by Gasteiger charge is 2.13. The normalized spacial score (nSPS) is 12.4. The maximum Gasteiger partial charge on any atom is 0.127 e.